The van der Waals surface area contributed by atoms with Crippen molar-refractivity contribution in [3.8, 4) is 0 Å². The molecule has 0 saturated heterocycles. The maximum Gasteiger partial charge on any atom is 0.231 e. The van der Waals surface area contributed by atoms with Gasteiger partial charge in [0.1, 0.15) is 5.52 Å². The zero-order valence-electron chi connectivity index (χ0n) is 12.4. The number of aromatic nitrogens is 1. The van der Waals surface area contributed by atoms with Crippen LogP contribution in [0.2, 0.25) is 0 Å². The molecule has 1 aromatic carbocycles. The molecule has 1 aliphatic carbocycles. The highest BCUT2D eigenvalue weighted by Gasteiger charge is 2.39. The first-order valence-corrected chi connectivity index (χ1v) is 7.02. The predicted octanol–water partition coefficient (Wildman–Crippen LogP) is 3.44. The lowest BCUT2D eigenvalue weighted by molar-refractivity contribution is -0.124. The summed E-state index contributed by atoms with van der Waals surface area (Å²) < 4.78 is 5.42. The molecule has 1 saturated carbocycles. The van der Waals surface area contributed by atoms with Crippen LogP contribution < -0.4 is 11.1 Å². The van der Waals surface area contributed by atoms with Crippen molar-refractivity contribution in [2.24, 2.45) is 11.1 Å². The van der Waals surface area contributed by atoms with Gasteiger partial charge in [0, 0.05) is 19.2 Å². The van der Waals surface area contributed by atoms with Crippen molar-refractivity contribution in [2.75, 3.05) is 11.9 Å². The molecule has 2 aromatic rings. The van der Waals surface area contributed by atoms with E-state index in [0.29, 0.717) is 12.4 Å². The summed E-state index contributed by atoms with van der Waals surface area (Å²) in [4.78, 5) is 16.7. The number of nitrogens with zero attached hydrogens (tertiary/aromatic N) is 1. The standard InChI is InChI=1S/C15H19N3O2.2ClH/c1-10-17-12-8-11(4-5-13(12)20-10)18-14(19)15(9-16)6-2-3-7-15;;/h4-5,8H,2-3,6-7,9,16H2,1H3,(H,18,19);2*1H. The number of nitrogens with one attached hydrogen (secondary N) is 1. The Morgan fingerprint density at radius 2 is 2.05 bits per heavy atom. The van der Waals surface area contributed by atoms with Gasteiger partial charge in [-0.2, -0.15) is 0 Å². The molecule has 0 bridgehead atoms. The number of fused-ring (bicyclic) bond motifs is 1. The van der Waals surface area contributed by atoms with Crippen LogP contribution in [0.1, 0.15) is 31.6 Å². The van der Waals surface area contributed by atoms with E-state index in [1.54, 1.807) is 6.92 Å². The molecule has 5 nitrogen and oxygen atoms in total. The predicted molar refractivity (Wildman–Crippen MR) is 91.8 cm³/mol. The minimum absolute atomic E-state index is 0. The lowest BCUT2D eigenvalue weighted by atomic mass is 9.85. The van der Waals surface area contributed by atoms with Crippen molar-refractivity contribution < 1.29 is 9.21 Å². The van der Waals surface area contributed by atoms with Crippen LogP contribution in [-0.2, 0) is 4.79 Å². The number of anilines is 1. The summed E-state index contributed by atoms with van der Waals surface area (Å²) in [6.45, 7) is 2.21. The molecule has 3 rings (SSSR count). The van der Waals surface area contributed by atoms with Gasteiger partial charge < -0.3 is 15.5 Å². The van der Waals surface area contributed by atoms with Crippen molar-refractivity contribution in [3.63, 3.8) is 0 Å². The van der Waals surface area contributed by atoms with Crippen LogP contribution in [-0.4, -0.2) is 17.4 Å². The molecular formula is C15H21Cl2N3O2. The van der Waals surface area contributed by atoms with Gasteiger partial charge in [-0.25, -0.2) is 4.98 Å². The van der Waals surface area contributed by atoms with Crippen LogP contribution in [0.4, 0.5) is 5.69 Å². The Bertz CT molecular complexity index is 651. The van der Waals surface area contributed by atoms with Gasteiger partial charge in [-0.3, -0.25) is 4.79 Å². The van der Waals surface area contributed by atoms with E-state index >= 15 is 0 Å². The van der Waals surface area contributed by atoms with Crippen molar-refractivity contribution in [1.82, 2.24) is 4.98 Å². The van der Waals surface area contributed by atoms with Gasteiger partial charge in [0.05, 0.1) is 5.41 Å². The molecule has 0 radical (unpaired) electrons. The Morgan fingerprint density at radius 1 is 1.36 bits per heavy atom. The van der Waals surface area contributed by atoms with E-state index in [-0.39, 0.29) is 30.7 Å². The molecule has 1 amide bonds. The van der Waals surface area contributed by atoms with E-state index in [2.05, 4.69) is 10.3 Å². The maximum absolute atomic E-state index is 12.5. The van der Waals surface area contributed by atoms with Gasteiger partial charge >= 0.3 is 0 Å². The molecule has 7 heteroatoms. The fourth-order valence-corrected chi connectivity index (χ4v) is 2.96. The first-order chi connectivity index (χ1) is 9.63. The Hall–Kier alpha value is -1.30. The molecular weight excluding hydrogens is 325 g/mol. The number of carbonyl (C=O) groups excluding carboxylic acids is 1. The summed E-state index contributed by atoms with van der Waals surface area (Å²) >= 11 is 0. The SMILES string of the molecule is Cc1nc2cc(NC(=O)C3(CN)CCCC3)ccc2o1.Cl.Cl. The van der Waals surface area contributed by atoms with Crippen LogP contribution >= 0.6 is 24.8 Å². The fraction of sp³-hybridized carbons (Fsp3) is 0.467. The number of halogens is 2. The summed E-state index contributed by atoms with van der Waals surface area (Å²) in [5.41, 5.74) is 7.67. The Kier molecular flexibility index (Phi) is 6.23. The number of oxazole rings is 1. The first-order valence-electron chi connectivity index (χ1n) is 7.02. The van der Waals surface area contributed by atoms with Crippen molar-refractivity contribution in [1.29, 1.82) is 0 Å². The van der Waals surface area contributed by atoms with E-state index < -0.39 is 5.41 Å². The van der Waals surface area contributed by atoms with Crippen LogP contribution in [0, 0.1) is 12.3 Å². The highest BCUT2D eigenvalue weighted by molar-refractivity contribution is 5.97. The van der Waals surface area contributed by atoms with Gasteiger partial charge in [-0.1, -0.05) is 12.8 Å². The third-order valence-corrected chi connectivity index (χ3v) is 4.19. The topological polar surface area (TPSA) is 81.2 Å². The quantitative estimate of drug-likeness (QED) is 0.892. The van der Waals surface area contributed by atoms with E-state index in [4.69, 9.17) is 10.2 Å². The van der Waals surface area contributed by atoms with Crippen LogP contribution in [0.5, 0.6) is 0 Å². The fourth-order valence-electron chi connectivity index (χ4n) is 2.96. The molecule has 1 heterocycles. The molecule has 22 heavy (non-hydrogen) atoms. The third kappa shape index (κ3) is 3.37. The average Bonchev–Trinajstić information content (AvgIpc) is 3.04. The monoisotopic (exact) mass is 345 g/mol. The maximum atomic E-state index is 12.5. The van der Waals surface area contributed by atoms with Crippen molar-refractivity contribution >= 4 is 47.5 Å². The zero-order chi connectivity index (χ0) is 14.2. The second kappa shape index (κ2) is 7.31. The van der Waals surface area contributed by atoms with Crippen molar-refractivity contribution in [2.45, 2.75) is 32.6 Å². The van der Waals surface area contributed by atoms with E-state index in [9.17, 15) is 4.79 Å². The lowest BCUT2D eigenvalue weighted by Gasteiger charge is -2.25. The zero-order valence-corrected chi connectivity index (χ0v) is 14.1. The van der Waals surface area contributed by atoms with E-state index in [0.717, 1.165) is 42.5 Å². The minimum Gasteiger partial charge on any atom is -0.441 e. The summed E-state index contributed by atoms with van der Waals surface area (Å²) in [5.74, 6) is 0.648. The number of hydrogen-bond acceptors (Lipinski definition) is 4. The Labute approximate surface area is 141 Å². The number of amides is 1. The van der Waals surface area contributed by atoms with Crippen LogP contribution in [0.3, 0.4) is 0 Å². The van der Waals surface area contributed by atoms with Crippen molar-refractivity contribution in [3.05, 3.63) is 24.1 Å². The Morgan fingerprint density at radius 3 is 2.68 bits per heavy atom. The summed E-state index contributed by atoms with van der Waals surface area (Å²) in [6.07, 6.45) is 3.90. The molecule has 0 aliphatic heterocycles. The highest BCUT2D eigenvalue weighted by Crippen LogP contribution is 2.38. The number of carbonyl (C=O) groups is 1. The molecule has 0 unspecified atom stereocenters. The van der Waals surface area contributed by atoms with E-state index in [1.807, 2.05) is 18.2 Å². The number of nitrogens with two attached hydrogens (primary N) is 1. The largest absolute Gasteiger partial charge is 0.441 e. The minimum atomic E-state index is -0.394. The highest BCUT2D eigenvalue weighted by atomic mass is 35.5. The van der Waals surface area contributed by atoms with Gasteiger partial charge in [0.15, 0.2) is 11.5 Å². The normalized spacial score (nSPS) is 15.9. The molecule has 0 spiro atoms. The lowest BCUT2D eigenvalue weighted by Crippen LogP contribution is -2.40. The molecule has 1 aliphatic rings. The number of rotatable bonds is 3. The molecule has 1 fully saturated rings. The number of aryl methyl sites for hydroxylation is 1. The third-order valence-electron chi connectivity index (χ3n) is 4.19. The summed E-state index contributed by atoms with van der Waals surface area (Å²) in [5, 5.41) is 2.98. The molecule has 122 valence electrons. The second-order valence-corrected chi connectivity index (χ2v) is 5.56. The second-order valence-electron chi connectivity index (χ2n) is 5.56. The number of benzene rings is 1. The van der Waals surface area contributed by atoms with Gasteiger partial charge in [0.2, 0.25) is 5.91 Å². The van der Waals surface area contributed by atoms with Crippen LogP contribution in [0.25, 0.3) is 11.1 Å². The van der Waals surface area contributed by atoms with Gasteiger partial charge in [-0.15, -0.1) is 24.8 Å². The summed E-state index contributed by atoms with van der Waals surface area (Å²) in [6, 6.07) is 5.50. The molecule has 3 N–H and O–H groups in total. The number of hydrogen-bond donors (Lipinski definition) is 2. The van der Waals surface area contributed by atoms with Gasteiger partial charge in [-0.05, 0) is 31.0 Å². The van der Waals surface area contributed by atoms with E-state index in [1.165, 1.54) is 0 Å². The molecule has 1 aromatic heterocycles. The summed E-state index contributed by atoms with van der Waals surface area (Å²) in [7, 11) is 0. The average molecular weight is 346 g/mol. The van der Waals surface area contributed by atoms with Crippen LogP contribution in [0.15, 0.2) is 22.6 Å². The molecule has 0 atom stereocenters. The Balaban J connectivity index is 0.00000121. The smallest absolute Gasteiger partial charge is 0.231 e. The van der Waals surface area contributed by atoms with Gasteiger partial charge in [0.25, 0.3) is 0 Å². The first kappa shape index (κ1) is 18.7.